The van der Waals surface area contributed by atoms with Crippen LogP contribution in [0.4, 0.5) is 14.7 Å². The van der Waals surface area contributed by atoms with Crippen LogP contribution in [0.2, 0.25) is 5.02 Å². The largest absolute Gasteiger partial charge is 0.374 e. The number of amides is 1. The van der Waals surface area contributed by atoms with Gasteiger partial charge in [0.1, 0.15) is 17.3 Å². The molecule has 1 aliphatic heterocycles. The van der Waals surface area contributed by atoms with E-state index < -0.39 is 17.5 Å². The number of imidazole rings is 1. The summed E-state index contributed by atoms with van der Waals surface area (Å²) in [4.78, 5) is 27.1. The van der Waals surface area contributed by atoms with Gasteiger partial charge in [0, 0.05) is 38.3 Å². The van der Waals surface area contributed by atoms with E-state index in [0.29, 0.717) is 48.4 Å². The van der Waals surface area contributed by atoms with Crippen LogP contribution in [0, 0.1) is 18.6 Å². The van der Waals surface area contributed by atoms with Crippen LogP contribution >= 0.6 is 11.6 Å². The lowest BCUT2D eigenvalue weighted by Gasteiger charge is -2.33. The maximum atomic E-state index is 15.2. The third-order valence-corrected chi connectivity index (χ3v) is 6.29. The normalized spacial score (nSPS) is 15.9. The maximum Gasteiger partial charge on any atom is 0.251 e. The highest BCUT2D eigenvalue weighted by Crippen LogP contribution is 2.32. The molecule has 4 heterocycles. The van der Waals surface area contributed by atoms with Crippen LogP contribution in [-0.4, -0.2) is 58.1 Å². The molecule has 186 valence electrons. The van der Waals surface area contributed by atoms with Gasteiger partial charge in [0.15, 0.2) is 0 Å². The number of nitrogens with one attached hydrogen (secondary N) is 1. The summed E-state index contributed by atoms with van der Waals surface area (Å²) in [5.74, 6) is -1.78. The van der Waals surface area contributed by atoms with Crippen LogP contribution in [0.15, 0.2) is 42.9 Å². The number of nitrogens with zero attached hydrogens (tertiary/aromatic N) is 5. The van der Waals surface area contributed by atoms with E-state index >= 15 is 8.78 Å². The number of anilines is 1. The molecule has 1 amide bonds. The molecular weight excluding hydrogens is 490 g/mol. The number of hydrogen-bond donors (Lipinski definition) is 1. The summed E-state index contributed by atoms with van der Waals surface area (Å²) in [6.45, 7) is 3.43. The molecule has 0 aliphatic carbocycles. The lowest BCUT2D eigenvalue weighted by molar-refractivity contribution is 0.0399. The molecule has 1 aromatic carbocycles. The first-order valence-corrected chi connectivity index (χ1v) is 11.7. The van der Waals surface area contributed by atoms with Crippen molar-refractivity contribution in [3.05, 3.63) is 76.3 Å². The number of morpholine rings is 1. The molecule has 1 fully saturated rings. The van der Waals surface area contributed by atoms with Crippen LogP contribution in [-0.2, 0) is 11.2 Å². The number of hydrogen-bond acceptors (Lipinski definition) is 6. The van der Waals surface area contributed by atoms with Crippen molar-refractivity contribution in [1.82, 2.24) is 24.7 Å². The molecule has 11 heteroatoms. The van der Waals surface area contributed by atoms with Crippen LogP contribution in [0.3, 0.4) is 0 Å². The monoisotopic (exact) mass is 512 g/mol. The molecule has 0 radical (unpaired) electrons. The molecule has 1 N–H and O–H groups in total. The van der Waals surface area contributed by atoms with Crippen LogP contribution < -0.4 is 10.2 Å². The van der Waals surface area contributed by atoms with Gasteiger partial charge in [-0.3, -0.25) is 4.79 Å². The Kier molecular flexibility index (Phi) is 6.55. The van der Waals surface area contributed by atoms with E-state index in [1.807, 2.05) is 34.6 Å². The molecule has 8 nitrogen and oxygen atoms in total. The fraction of sp³-hybridized carbons (Fsp3) is 0.280. The summed E-state index contributed by atoms with van der Waals surface area (Å²) < 4.78 is 38.3. The molecule has 36 heavy (non-hydrogen) atoms. The highest BCUT2D eigenvalue weighted by atomic mass is 35.5. The van der Waals surface area contributed by atoms with E-state index in [1.54, 1.807) is 0 Å². The molecule has 1 saturated heterocycles. The zero-order valence-electron chi connectivity index (χ0n) is 19.6. The first-order chi connectivity index (χ1) is 17.3. The molecule has 4 aromatic rings. The van der Waals surface area contributed by atoms with Gasteiger partial charge in [0.05, 0.1) is 47.1 Å². The molecule has 1 unspecified atom stereocenters. The number of carbonyl (C=O) groups excluding carboxylic acids is 1. The van der Waals surface area contributed by atoms with Crippen molar-refractivity contribution < 1.29 is 18.3 Å². The van der Waals surface area contributed by atoms with Crippen molar-refractivity contribution in [1.29, 1.82) is 0 Å². The van der Waals surface area contributed by atoms with Gasteiger partial charge in [0.25, 0.3) is 5.91 Å². The number of halogens is 3. The number of aryl methyl sites for hydroxylation is 1. The zero-order chi connectivity index (χ0) is 25.4. The SMILES string of the molecule is CNC(=O)c1cc(F)c(-c2nc3cc(C)ccn3c2CC2CN(c3ncc(Cl)cn3)CCO2)c(F)c1. The number of carbonyl (C=O) groups is 1. The smallest absolute Gasteiger partial charge is 0.251 e. The van der Waals surface area contributed by atoms with Crippen LogP contribution in [0.5, 0.6) is 0 Å². The van der Waals surface area contributed by atoms with Crippen molar-refractivity contribution in [3.63, 3.8) is 0 Å². The van der Waals surface area contributed by atoms with Gasteiger partial charge in [-0.2, -0.15) is 0 Å². The average molecular weight is 513 g/mol. The minimum Gasteiger partial charge on any atom is -0.374 e. The summed E-state index contributed by atoms with van der Waals surface area (Å²) in [5.41, 5.74) is 1.89. The van der Waals surface area contributed by atoms with Gasteiger partial charge < -0.3 is 19.4 Å². The second kappa shape index (κ2) is 9.79. The Hall–Kier alpha value is -3.63. The van der Waals surface area contributed by atoms with E-state index in [2.05, 4.69) is 20.3 Å². The molecule has 5 rings (SSSR count). The van der Waals surface area contributed by atoms with Crippen molar-refractivity contribution in [2.75, 3.05) is 31.6 Å². The van der Waals surface area contributed by atoms with Gasteiger partial charge >= 0.3 is 0 Å². The first kappa shape index (κ1) is 24.1. The molecule has 3 aromatic heterocycles. The standard InChI is InChI=1S/C25H23ClF2N6O2/c1-14-3-4-34-20(10-17-13-33(5-6-36-17)25-30-11-16(26)12-31-25)23(32-21(34)7-14)22-18(27)8-15(9-19(22)28)24(35)29-2/h3-4,7-9,11-12,17H,5-6,10,13H2,1-2H3,(H,29,35). The highest BCUT2D eigenvalue weighted by Gasteiger charge is 2.28. The Bertz CT molecular complexity index is 1420. The Labute approximate surface area is 210 Å². The van der Waals surface area contributed by atoms with E-state index in [-0.39, 0.29) is 22.9 Å². The van der Waals surface area contributed by atoms with Crippen molar-refractivity contribution >= 4 is 29.1 Å². The fourth-order valence-electron chi connectivity index (χ4n) is 4.38. The van der Waals surface area contributed by atoms with Gasteiger partial charge in [-0.15, -0.1) is 0 Å². The summed E-state index contributed by atoms with van der Waals surface area (Å²) in [6.07, 6.45) is 4.92. The first-order valence-electron chi connectivity index (χ1n) is 11.4. The number of pyridine rings is 1. The Morgan fingerprint density at radius 2 is 1.94 bits per heavy atom. The van der Waals surface area contributed by atoms with Crippen molar-refractivity contribution in [2.24, 2.45) is 0 Å². The van der Waals surface area contributed by atoms with Gasteiger partial charge in [-0.05, 0) is 36.8 Å². The van der Waals surface area contributed by atoms with E-state index in [9.17, 15) is 4.79 Å². The van der Waals surface area contributed by atoms with E-state index in [0.717, 1.165) is 17.7 Å². The Morgan fingerprint density at radius 1 is 1.22 bits per heavy atom. The predicted octanol–water partition coefficient (Wildman–Crippen LogP) is 3.84. The summed E-state index contributed by atoms with van der Waals surface area (Å²) >= 11 is 5.92. The number of ether oxygens (including phenoxy) is 1. The quantitative estimate of drug-likeness (QED) is 0.437. The topological polar surface area (TPSA) is 84.7 Å². The summed E-state index contributed by atoms with van der Waals surface area (Å²) in [7, 11) is 1.40. The fourth-order valence-corrected chi connectivity index (χ4v) is 4.47. The van der Waals surface area contributed by atoms with Gasteiger partial charge in [0.2, 0.25) is 5.95 Å². The molecule has 0 spiro atoms. The number of aromatic nitrogens is 4. The molecule has 0 saturated carbocycles. The number of rotatable bonds is 5. The average Bonchev–Trinajstić information content (AvgIpc) is 3.20. The maximum absolute atomic E-state index is 15.2. The highest BCUT2D eigenvalue weighted by molar-refractivity contribution is 6.30. The zero-order valence-corrected chi connectivity index (χ0v) is 20.4. The molecule has 1 atom stereocenters. The minimum absolute atomic E-state index is 0.105. The molecule has 0 bridgehead atoms. The van der Waals surface area contributed by atoms with Gasteiger partial charge in [-0.1, -0.05) is 11.6 Å². The number of benzene rings is 1. The molecule has 1 aliphatic rings. The van der Waals surface area contributed by atoms with Crippen molar-refractivity contribution in [3.8, 4) is 11.3 Å². The van der Waals surface area contributed by atoms with E-state index in [1.165, 1.54) is 19.4 Å². The van der Waals surface area contributed by atoms with Crippen molar-refractivity contribution in [2.45, 2.75) is 19.4 Å². The molecular formula is C25H23ClF2N6O2. The van der Waals surface area contributed by atoms with Gasteiger partial charge in [-0.25, -0.2) is 23.7 Å². The summed E-state index contributed by atoms with van der Waals surface area (Å²) in [6, 6.07) is 5.79. The number of fused-ring (bicyclic) bond motifs is 1. The summed E-state index contributed by atoms with van der Waals surface area (Å²) in [5, 5.41) is 2.82. The Morgan fingerprint density at radius 3 is 2.64 bits per heavy atom. The van der Waals surface area contributed by atoms with Crippen LogP contribution in [0.1, 0.15) is 21.6 Å². The predicted molar refractivity (Wildman–Crippen MR) is 131 cm³/mol. The lowest BCUT2D eigenvalue weighted by Crippen LogP contribution is -2.44. The Balaban J connectivity index is 1.54. The lowest BCUT2D eigenvalue weighted by atomic mass is 10.0. The van der Waals surface area contributed by atoms with Crippen LogP contribution in [0.25, 0.3) is 16.9 Å². The second-order valence-corrected chi connectivity index (χ2v) is 9.01. The third kappa shape index (κ3) is 4.61. The second-order valence-electron chi connectivity index (χ2n) is 8.58. The van der Waals surface area contributed by atoms with E-state index in [4.69, 9.17) is 16.3 Å². The minimum atomic E-state index is -0.865. The third-order valence-electron chi connectivity index (χ3n) is 6.10.